The minimum absolute atomic E-state index is 0.0280. The van der Waals surface area contributed by atoms with Crippen molar-refractivity contribution in [2.75, 3.05) is 12.3 Å². The van der Waals surface area contributed by atoms with Crippen LogP contribution in [-0.2, 0) is 70.4 Å². The van der Waals surface area contributed by atoms with E-state index in [1.54, 1.807) is 0 Å². The second-order valence-corrected chi connectivity index (χ2v) is 18.6. The third kappa shape index (κ3) is 20.0. The number of nitrogens with two attached hydrogens (primary N) is 2. The molecular formula is C46H67N13O17S. The Morgan fingerprint density at radius 2 is 1.23 bits per heavy atom. The summed E-state index contributed by atoms with van der Waals surface area (Å²) in [7, 11) is 0. The van der Waals surface area contributed by atoms with Crippen molar-refractivity contribution in [2.24, 2.45) is 11.5 Å². The van der Waals surface area contributed by atoms with Crippen molar-refractivity contribution < 1.29 is 83.1 Å². The molecule has 2 aromatic rings. The number of nitrogens with one attached hydrogen (secondary N) is 9. The zero-order valence-electron chi connectivity index (χ0n) is 42.4. The summed E-state index contributed by atoms with van der Waals surface area (Å²) in [4.78, 5) is 164. The molecule has 2 heterocycles. The normalized spacial score (nSPS) is 17.4. The smallest absolute Gasteiger partial charge is 0.326 e. The van der Waals surface area contributed by atoms with Crippen LogP contribution in [0.15, 0.2) is 36.8 Å². The lowest BCUT2D eigenvalue weighted by molar-refractivity contribution is -0.143. The van der Waals surface area contributed by atoms with E-state index >= 15 is 0 Å². The molecule has 10 amide bonds. The molecule has 77 heavy (non-hydrogen) atoms. The number of phenolic OH excluding ortho intramolecular Hbond substituents is 1. The van der Waals surface area contributed by atoms with Gasteiger partial charge in [0.05, 0.1) is 31.0 Å². The Bertz CT molecular complexity index is 2450. The molecule has 30 nitrogen and oxygen atoms in total. The number of aliphatic hydroxyl groups excluding tert-OH is 2. The number of imidazole rings is 1. The molecule has 1 fully saturated rings. The summed E-state index contributed by atoms with van der Waals surface area (Å²) in [5, 5.41) is 67.9. The van der Waals surface area contributed by atoms with E-state index < -0.39 is 163 Å². The number of aliphatic hydroxyl groups is 2. The van der Waals surface area contributed by atoms with Gasteiger partial charge in [0.25, 0.3) is 0 Å². The first-order valence-electron chi connectivity index (χ1n) is 24.1. The number of phenols is 1. The first-order chi connectivity index (χ1) is 36.1. The molecule has 0 spiro atoms. The summed E-state index contributed by atoms with van der Waals surface area (Å²) >= 11 is 3.98. The van der Waals surface area contributed by atoms with Crippen molar-refractivity contribution >= 4 is 83.6 Å². The first kappa shape index (κ1) is 63.4. The highest BCUT2D eigenvalue weighted by Crippen LogP contribution is 2.21. The van der Waals surface area contributed by atoms with E-state index in [1.807, 2.05) is 5.32 Å². The molecule has 1 aromatic heterocycles. The molecule has 0 unspecified atom stereocenters. The Labute approximate surface area is 445 Å². The Morgan fingerprint density at radius 3 is 1.77 bits per heavy atom. The largest absolute Gasteiger partial charge is 0.508 e. The highest BCUT2D eigenvalue weighted by atomic mass is 32.1. The number of amides is 10. The van der Waals surface area contributed by atoms with Crippen LogP contribution in [0.25, 0.3) is 0 Å². The molecular weight excluding hydrogens is 1040 g/mol. The van der Waals surface area contributed by atoms with Crippen LogP contribution in [0.2, 0.25) is 0 Å². The zero-order valence-corrected chi connectivity index (χ0v) is 43.3. The second kappa shape index (κ2) is 30.0. The van der Waals surface area contributed by atoms with Crippen molar-refractivity contribution in [1.29, 1.82) is 0 Å². The number of nitrogens with zero attached hydrogens (tertiary/aromatic N) is 2. The van der Waals surface area contributed by atoms with E-state index in [0.29, 0.717) is 17.7 Å². The monoisotopic (exact) mass is 1110 g/mol. The highest BCUT2D eigenvalue weighted by molar-refractivity contribution is 7.80. The maximum atomic E-state index is 14.3. The van der Waals surface area contributed by atoms with Gasteiger partial charge in [-0.3, -0.25) is 52.7 Å². The van der Waals surface area contributed by atoms with Gasteiger partial charge >= 0.3 is 11.9 Å². The molecule has 1 saturated heterocycles. The maximum Gasteiger partial charge on any atom is 0.326 e. The number of benzene rings is 1. The number of carbonyl (C=O) groups is 12. The summed E-state index contributed by atoms with van der Waals surface area (Å²) < 4.78 is 0. The number of carbonyl (C=O) groups excluding carboxylic acids is 10. The minimum atomic E-state index is -1.83. The molecule has 1 aliphatic heterocycles. The summed E-state index contributed by atoms with van der Waals surface area (Å²) in [6, 6.07) is -9.49. The lowest BCUT2D eigenvalue weighted by Crippen LogP contribution is -2.62. The van der Waals surface area contributed by atoms with Gasteiger partial charge in [0.2, 0.25) is 59.1 Å². The Morgan fingerprint density at radius 1 is 0.701 bits per heavy atom. The third-order valence-electron chi connectivity index (χ3n) is 11.9. The fourth-order valence-electron chi connectivity index (χ4n) is 7.61. The van der Waals surface area contributed by atoms with Crippen molar-refractivity contribution in [3.8, 4) is 5.75 Å². The number of hydrogen-bond acceptors (Lipinski definition) is 18. The fourth-order valence-corrected chi connectivity index (χ4v) is 7.78. The zero-order chi connectivity index (χ0) is 57.8. The maximum absolute atomic E-state index is 14.3. The SMILES string of the molecule is C[C@H](NC(=O)[C@@H](NC(=O)[C@H](Cc1cnc[nH]1)NC(=O)[C@H](C)NC(=O)[C@@H]1CCCN1C(=O)[C@H](Cc1ccc(O)cc1)NC(=O)[C@@H](NC(=O)[C@@H](N)CS)[C@@H](C)O)[C@@H](C)O)C(=O)N[C@@H](CC(N)=O)C(=O)N[C@@H](CCC(=O)O)C(=O)O. The van der Waals surface area contributed by atoms with Crippen LogP contribution in [0.5, 0.6) is 5.75 Å². The fraction of sp³-hybridized carbons (Fsp3) is 0.543. The number of carboxylic acid groups (broad SMARTS) is 2. The summed E-state index contributed by atoms with van der Waals surface area (Å²) in [5.41, 5.74) is 11.7. The minimum Gasteiger partial charge on any atom is -0.508 e. The standard InChI is InChI=1S/C46H67N13O17S/c1-20(51-42(71)32-6-5-13-59(32)45(74)31(14-24-7-9-26(62)10-8-24)56-44(73)36(23(4)61)57-39(68)27(47)18-77)37(66)54-29(15-25-17-49-19-50-25)41(70)58-35(22(3)60)43(72)52-21(2)38(67)55-30(16-33(48)63)40(69)53-28(46(75)76)11-12-34(64)65/h7-10,17,19-23,27-32,35-36,60-62,77H,5-6,11-16,18,47H2,1-4H3,(H2,48,63)(H,49,50)(H,51,71)(H,52,72)(H,53,69)(H,54,66)(H,55,67)(H,56,73)(H,57,68)(H,58,70)(H,64,65)(H,75,76)/t20-,21-,22+,23+,27-,28-,29-,30-,31-,32-,35-,36-/m0/s1. The highest BCUT2D eigenvalue weighted by Gasteiger charge is 2.41. The third-order valence-corrected chi connectivity index (χ3v) is 12.3. The van der Waals surface area contributed by atoms with E-state index in [9.17, 15) is 78.0 Å². The van der Waals surface area contributed by atoms with E-state index in [0.717, 1.165) is 13.8 Å². The quantitative estimate of drug-likeness (QED) is 0.0324. The number of aromatic hydroxyl groups is 1. The second-order valence-electron chi connectivity index (χ2n) is 18.2. The Hall–Kier alpha value is -7.90. The number of hydrogen-bond donors (Lipinski definition) is 17. The molecule has 424 valence electrons. The number of likely N-dealkylation sites (tertiary alicyclic amines) is 1. The van der Waals surface area contributed by atoms with Gasteiger partial charge in [-0.2, -0.15) is 12.6 Å². The van der Waals surface area contributed by atoms with E-state index in [1.165, 1.54) is 55.5 Å². The van der Waals surface area contributed by atoms with E-state index in [4.69, 9.17) is 16.6 Å². The number of primary amides is 1. The predicted molar refractivity (Wildman–Crippen MR) is 269 cm³/mol. The average molecular weight is 1110 g/mol. The number of carboxylic acids is 2. The van der Waals surface area contributed by atoms with Crippen LogP contribution in [0, 0.1) is 0 Å². The molecule has 0 aliphatic carbocycles. The lowest BCUT2D eigenvalue weighted by Gasteiger charge is -2.31. The molecule has 0 radical (unpaired) electrons. The van der Waals surface area contributed by atoms with Gasteiger partial charge < -0.3 is 89.4 Å². The topological polar surface area (TPSA) is 486 Å². The van der Waals surface area contributed by atoms with Gasteiger partial charge in [0.15, 0.2) is 0 Å². The number of thiol groups is 1. The van der Waals surface area contributed by atoms with Crippen molar-refractivity contribution in [1.82, 2.24) is 57.4 Å². The summed E-state index contributed by atoms with van der Waals surface area (Å²) in [5.74, 6) is -13.1. The van der Waals surface area contributed by atoms with Crippen LogP contribution >= 0.6 is 12.6 Å². The molecule has 12 atom stereocenters. The van der Waals surface area contributed by atoms with Gasteiger partial charge in [0.1, 0.15) is 60.1 Å². The van der Waals surface area contributed by atoms with Crippen molar-refractivity contribution in [3.05, 3.63) is 48.0 Å². The number of aromatic amines is 1. The average Bonchev–Trinajstić information content (AvgIpc) is 4.08. The lowest BCUT2D eigenvalue weighted by atomic mass is 10.0. The van der Waals surface area contributed by atoms with Gasteiger partial charge in [0, 0.05) is 43.5 Å². The van der Waals surface area contributed by atoms with E-state index in [2.05, 4.69) is 59.8 Å². The molecule has 3 rings (SSSR count). The van der Waals surface area contributed by atoms with Crippen LogP contribution in [-0.4, -0.2) is 196 Å². The number of aromatic nitrogens is 2. The summed E-state index contributed by atoms with van der Waals surface area (Å²) in [6.07, 6.45) is -2.64. The molecule has 1 aromatic carbocycles. The first-order valence-corrected chi connectivity index (χ1v) is 24.7. The van der Waals surface area contributed by atoms with Gasteiger partial charge in [-0.1, -0.05) is 12.1 Å². The van der Waals surface area contributed by atoms with Crippen LogP contribution < -0.4 is 54.0 Å². The van der Waals surface area contributed by atoms with Crippen molar-refractivity contribution in [2.45, 2.75) is 145 Å². The predicted octanol–water partition coefficient (Wildman–Crippen LogP) is -6.35. The Balaban J connectivity index is 1.76. The van der Waals surface area contributed by atoms with Crippen molar-refractivity contribution in [3.63, 3.8) is 0 Å². The van der Waals surface area contributed by atoms with Gasteiger partial charge in [-0.05, 0) is 64.7 Å². The van der Waals surface area contributed by atoms with E-state index in [-0.39, 0.29) is 37.3 Å². The molecule has 0 saturated carbocycles. The Kier molecular flexibility index (Phi) is 24.7. The number of rotatable bonds is 30. The summed E-state index contributed by atoms with van der Waals surface area (Å²) in [6.45, 7) is 4.77. The molecule has 31 heteroatoms. The molecule has 1 aliphatic rings. The van der Waals surface area contributed by atoms with Crippen LogP contribution in [0.4, 0.5) is 0 Å². The number of H-pyrrole nitrogens is 1. The molecule has 0 bridgehead atoms. The molecule has 18 N–H and O–H groups in total. The van der Waals surface area contributed by atoms with Crippen LogP contribution in [0.1, 0.15) is 71.1 Å². The number of aliphatic carboxylic acids is 2. The van der Waals surface area contributed by atoms with Crippen LogP contribution in [0.3, 0.4) is 0 Å². The van der Waals surface area contributed by atoms with Gasteiger partial charge in [-0.15, -0.1) is 0 Å². The van der Waals surface area contributed by atoms with Gasteiger partial charge in [-0.25, -0.2) is 9.78 Å².